The quantitative estimate of drug-likeness (QED) is 0.477. The molecule has 0 spiro atoms. The van der Waals surface area contributed by atoms with E-state index in [2.05, 4.69) is 6.07 Å². The number of nitro groups is 1. The third-order valence-corrected chi connectivity index (χ3v) is 1.44. The predicted octanol–water partition coefficient (Wildman–Crippen LogP) is 1.96. The first kappa shape index (κ1) is 7.72. The average Bonchev–Trinajstić information content (AvgIpc) is 2.05. The molecule has 0 amide bonds. The lowest BCUT2D eigenvalue weighted by molar-refractivity contribution is -0.384. The zero-order chi connectivity index (χ0) is 8.27. The van der Waals surface area contributed by atoms with Crippen LogP contribution in [-0.2, 0) is 6.42 Å². The van der Waals surface area contributed by atoms with Crippen LogP contribution in [0, 0.1) is 16.2 Å². The van der Waals surface area contributed by atoms with Gasteiger partial charge >= 0.3 is 0 Å². The highest BCUT2D eigenvalue weighted by atomic mass is 16.6. The monoisotopic (exact) mass is 150 g/mol. The van der Waals surface area contributed by atoms with Crippen LogP contribution in [0.5, 0.6) is 0 Å². The van der Waals surface area contributed by atoms with Crippen LogP contribution in [0.15, 0.2) is 18.2 Å². The molecule has 0 saturated carbocycles. The van der Waals surface area contributed by atoms with Gasteiger partial charge in [-0.1, -0.05) is 6.92 Å². The fourth-order valence-electron chi connectivity index (χ4n) is 0.820. The molecule has 1 aromatic rings. The Morgan fingerprint density at radius 3 is 3.00 bits per heavy atom. The number of non-ortho nitro benzene ring substituents is 1. The highest BCUT2D eigenvalue weighted by Crippen LogP contribution is 2.12. The van der Waals surface area contributed by atoms with Gasteiger partial charge in [-0.2, -0.15) is 0 Å². The molecule has 3 nitrogen and oxygen atoms in total. The van der Waals surface area contributed by atoms with Crippen molar-refractivity contribution in [3.63, 3.8) is 0 Å². The largest absolute Gasteiger partial charge is 0.269 e. The minimum atomic E-state index is -0.396. The molecule has 11 heavy (non-hydrogen) atoms. The van der Waals surface area contributed by atoms with E-state index in [1.165, 1.54) is 6.07 Å². The third kappa shape index (κ3) is 1.77. The van der Waals surface area contributed by atoms with E-state index in [4.69, 9.17) is 0 Å². The van der Waals surface area contributed by atoms with Crippen molar-refractivity contribution in [1.29, 1.82) is 0 Å². The van der Waals surface area contributed by atoms with Crippen LogP contribution in [0.3, 0.4) is 0 Å². The molecular formula is C8H8NO2. The van der Waals surface area contributed by atoms with E-state index in [-0.39, 0.29) is 5.69 Å². The fraction of sp³-hybridized carbons (Fsp3) is 0.250. The molecular weight excluding hydrogens is 142 g/mol. The molecule has 0 aliphatic carbocycles. The Bertz CT molecular complexity index is 271. The van der Waals surface area contributed by atoms with Gasteiger partial charge < -0.3 is 0 Å². The second-order valence-corrected chi connectivity index (χ2v) is 2.18. The second-order valence-electron chi connectivity index (χ2n) is 2.18. The number of hydrogen-bond donors (Lipinski definition) is 0. The molecule has 1 rings (SSSR count). The van der Waals surface area contributed by atoms with Crippen molar-refractivity contribution < 1.29 is 4.92 Å². The molecule has 0 heterocycles. The molecule has 1 radical (unpaired) electrons. The normalized spacial score (nSPS) is 9.55. The summed E-state index contributed by atoms with van der Waals surface area (Å²) in [7, 11) is 0. The topological polar surface area (TPSA) is 43.1 Å². The maximum Gasteiger partial charge on any atom is 0.269 e. The number of nitrogens with zero attached hydrogens (tertiary/aromatic N) is 1. The van der Waals surface area contributed by atoms with Gasteiger partial charge in [-0.3, -0.25) is 10.1 Å². The number of nitro benzene ring substituents is 1. The Hall–Kier alpha value is -1.38. The first-order valence-electron chi connectivity index (χ1n) is 3.39. The lowest BCUT2D eigenvalue weighted by Gasteiger charge is -1.93. The lowest BCUT2D eigenvalue weighted by Crippen LogP contribution is -1.89. The smallest absolute Gasteiger partial charge is 0.258 e. The molecule has 0 aliphatic rings. The second kappa shape index (κ2) is 3.14. The number of rotatable bonds is 2. The van der Waals surface area contributed by atoms with Crippen molar-refractivity contribution in [1.82, 2.24) is 0 Å². The van der Waals surface area contributed by atoms with Crippen molar-refractivity contribution in [2.45, 2.75) is 13.3 Å². The fourth-order valence-corrected chi connectivity index (χ4v) is 0.820. The Labute approximate surface area is 64.8 Å². The van der Waals surface area contributed by atoms with Crippen LogP contribution < -0.4 is 0 Å². The van der Waals surface area contributed by atoms with Gasteiger partial charge in [0.1, 0.15) is 0 Å². The molecule has 0 aliphatic heterocycles. The van der Waals surface area contributed by atoms with Gasteiger partial charge in [-0.05, 0) is 24.1 Å². The summed E-state index contributed by atoms with van der Waals surface area (Å²) in [6.07, 6.45) is 0.779. The molecule has 0 atom stereocenters. The van der Waals surface area contributed by atoms with E-state index in [9.17, 15) is 10.1 Å². The van der Waals surface area contributed by atoms with Crippen molar-refractivity contribution >= 4 is 5.69 Å². The minimum absolute atomic E-state index is 0.139. The van der Waals surface area contributed by atoms with Crippen LogP contribution in [0.4, 0.5) is 5.69 Å². The molecule has 0 fully saturated rings. The molecule has 3 heteroatoms. The van der Waals surface area contributed by atoms with Gasteiger partial charge in [0.05, 0.1) is 4.92 Å². The molecule has 0 aromatic heterocycles. The first-order chi connectivity index (χ1) is 5.24. The highest BCUT2D eigenvalue weighted by Gasteiger charge is 2.03. The summed E-state index contributed by atoms with van der Waals surface area (Å²) in [4.78, 5) is 9.86. The zero-order valence-corrected chi connectivity index (χ0v) is 6.20. The van der Waals surface area contributed by atoms with Crippen LogP contribution in [0.1, 0.15) is 12.5 Å². The molecule has 1 aromatic carbocycles. The number of hydrogen-bond acceptors (Lipinski definition) is 2. The van der Waals surface area contributed by atoms with E-state index < -0.39 is 4.92 Å². The van der Waals surface area contributed by atoms with Crippen molar-refractivity contribution in [3.05, 3.63) is 39.9 Å². The van der Waals surface area contributed by atoms with Crippen molar-refractivity contribution in [2.75, 3.05) is 0 Å². The average molecular weight is 150 g/mol. The summed E-state index contributed by atoms with van der Waals surface area (Å²) in [5.41, 5.74) is 1.01. The van der Waals surface area contributed by atoms with Gasteiger partial charge in [-0.15, -0.1) is 0 Å². The Kier molecular flexibility index (Phi) is 2.21. The number of aryl methyl sites for hydroxylation is 1. The summed E-state index contributed by atoms with van der Waals surface area (Å²) in [6, 6.07) is 7.47. The summed E-state index contributed by atoms with van der Waals surface area (Å²) >= 11 is 0. The van der Waals surface area contributed by atoms with E-state index in [1.54, 1.807) is 12.1 Å². The SMILES string of the molecule is CCc1[c]ccc([N+](=O)[O-])c1. The summed E-state index contributed by atoms with van der Waals surface area (Å²) in [5.74, 6) is 0. The molecule has 57 valence electrons. The molecule has 0 N–H and O–H groups in total. The van der Waals surface area contributed by atoms with Gasteiger partial charge in [0.25, 0.3) is 5.69 Å². The van der Waals surface area contributed by atoms with E-state index in [0.29, 0.717) is 0 Å². The predicted molar refractivity (Wildman–Crippen MR) is 41.3 cm³/mol. The molecule has 0 saturated heterocycles. The maximum atomic E-state index is 10.3. The molecule has 0 unspecified atom stereocenters. The number of benzene rings is 1. The van der Waals surface area contributed by atoms with Crippen molar-refractivity contribution in [3.8, 4) is 0 Å². The van der Waals surface area contributed by atoms with E-state index in [1.807, 2.05) is 6.92 Å². The first-order valence-corrected chi connectivity index (χ1v) is 3.39. The zero-order valence-electron chi connectivity index (χ0n) is 6.20. The summed E-state index contributed by atoms with van der Waals surface area (Å²) < 4.78 is 0. The van der Waals surface area contributed by atoms with E-state index in [0.717, 1.165) is 12.0 Å². The van der Waals surface area contributed by atoms with Gasteiger partial charge in [0.2, 0.25) is 0 Å². The van der Waals surface area contributed by atoms with Crippen molar-refractivity contribution in [2.24, 2.45) is 0 Å². The summed E-state index contributed by atoms with van der Waals surface area (Å²) in [5, 5.41) is 10.3. The lowest BCUT2D eigenvalue weighted by atomic mass is 10.1. The third-order valence-electron chi connectivity index (χ3n) is 1.44. The van der Waals surface area contributed by atoms with Gasteiger partial charge in [-0.25, -0.2) is 0 Å². The maximum absolute atomic E-state index is 10.3. The van der Waals surface area contributed by atoms with Crippen LogP contribution >= 0.6 is 0 Å². The Balaban J connectivity index is 3.01. The highest BCUT2D eigenvalue weighted by molar-refractivity contribution is 5.33. The Morgan fingerprint density at radius 2 is 2.45 bits per heavy atom. The van der Waals surface area contributed by atoms with Crippen LogP contribution in [0.2, 0.25) is 0 Å². The van der Waals surface area contributed by atoms with Crippen LogP contribution in [-0.4, -0.2) is 4.92 Å². The van der Waals surface area contributed by atoms with Gasteiger partial charge in [0, 0.05) is 12.1 Å². The standard InChI is InChI=1S/C8H8NO2/c1-2-7-4-3-5-8(6-7)9(10)11/h3,5-6H,2H2,1H3. The minimum Gasteiger partial charge on any atom is -0.258 e. The van der Waals surface area contributed by atoms with Crippen LogP contribution in [0.25, 0.3) is 0 Å². The molecule has 0 bridgehead atoms. The Morgan fingerprint density at radius 1 is 1.73 bits per heavy atom. The summed E-state index contributed by atoms with van der Waals surface area (Å²) in [6.45, 7) is 1.94. The van der Waals surface area contributed by atoms with Gasteiger partial charge in [0.15, 0.2) is 0 Å². The van der Waals surface area contributed by atoms with E-state index >= 15 is 0 Å².